The summed E-state index contributed by atoms with van der Waals surface area (Å²) in [6.07, 6.45) is 1.67. The molecule has 0 aliphatic rings. The number of hydrogen-bond donors (Lipinski definition) is 0. The largest absolute Gasteiger partial charge is 0.421 e. The fourth-order valence-corrected chi connectivity index (χ4v) is 1.78. The van der Waals surface area contributed by atoms with Gasteiger partial charge in [0.2, 0.25) is 11.8 Å². The average molecular weight is 285 g/mol. The van der Waals surface area contributed by atoms with Crippen LogP contribution in [0, 0.1) is 5.82 Å². The van der Waals surface area contributed by atoms with Gasteiger partial charge in [0.05, 0.1) is 10.0 Å². The molecule has 0 saturated carbocycles. The first-order valence-electron chi connectivity index (χ1n) is 4.99. The third-order valence-electron chi connectivity index (χ3n) is 2.11. The molecular weight excluding hydrogens is 275 g/mol. The molecule has 0 amide bonds. The molecule has 5 heteroatoms. The summed E-state index contributed by atoms with van der Waals surface area (Å²) in [7, 11) is 0. The zero-order valence-electron chi connectivity index (χ0n) is 8.70. The molecule has 0 aliphatic carbocycles. The number of hydrogen-bond acceptors (Lipinski definition) is 3. The van der Waals surface area contributed by atoms with Gasteiger partial charge in [0.1, 0.15) is 5.82 Å². The molecular formula is C11H10BrFN2O. The van der Waals surface area contributed by atoms with Crippen molar-refractivity contribution in [3.63, 3.8) is 0 Å². The molecule has 0 unspecified atom stereocenters. The fourth-order valence-electron chi connectivity index (χ4n) is 1.35. The number of halogens is 2. The minimum Gasteiger partial charge on any atom is -0.421 e. The van der Waals surface area contributed by atoms with Crippen LogP contribution in [0.3, 0.4) is 0 Å². The Morgan fingerprint density at radius 3 is 2.94 bits per heavy atom. The van der Waals surface area contributed by atoms with Crippen molar-refractivity contribution in [2.75, 3.05) is 0 Å². The molecule has 0 radical (unpaired) electrons. The summed E-state index contributed by atoms with van der Waals surface area (Å²) in [5, 5.41) is 7.79. The number of rotatable bonds is 3. The smallest absolute Gasteiger partial charge is 0.248 e. The van der Waals surface area contributed by atoms with E-state index in [1.165, 1.54) is 6.07 Å². The van der Waals surface area contributed by atoms with Crippen LogP contribution in [0.4, 0.5) is 4.39 Å². The van der Waals surface area contributed by atoms with Crippen LogP contribution in [0.1, 0.15) is 19.2 Å². The molecule has 1 aromatic heterocycles. The molecule has 2 rings (SSSR count). The Kier molecular flexibility index (Phi) is 3.33. The molecule has 2 aromatic rings. The van der Waals surface area contributed by atoms with E-state index in [1.807, 2.05) is 6.92 Å². The Morgan fingerprint density at radius 2 is 2.19 bits per heavy atom. The van der Waals surface area contributed by atoms with E-state index >= 15 is 0 Å². The number of aromatic nitrogens is 2. The summed E-state index contributed by atoms with van der Waals surface area (Å²) in [4.78, 5) is 0. The van der Waals surface area contributed by atoms with Crippen molar-refractivity contribution in [2.45, 2.75) is 19.8 Å². The molecule has 16 heavy (non-hydrogen) atoms. The van der Waals surface area contributed by atoms with E-state index in [4.69, 9.17) is 4.42 Å². The van der Waals surface area contributed by atoms with E-state index in [0.29, 0.717) is 21.8 Å². The monoisotopic (exact) mass is 284 g/mol. The lowest BCUT2D eigenvalue weighted by molar-refractivity contribution is 0.501. The van der Waals surface area contributed by atoms with E-state index in [1.54, 1.807) is 12.1 Å². The second kappa shape index (κ2) is 4.74. The maximum absolute atomic E-state index is 13.3. The van der Waals surface area contributed by atoms with Gasteiger partial charge < -0.3 is 4.42 Å². The van der Waals surface area contributed by atoms with Crippen LogP contribution in [0.2, 0.25) is 0 Å². The molecule has 0 spiro atoms. The second-order valence-corrected chi connectivity index (χ2v) is 4.15. The van der Waals surface area contributed by atoms with Crippen molar-refractivity contribution in [1.82, 2.24) is 10.2 Å². The van der Waals surface area contributed by atoms with Crippen LogP contribution in [0.5, 0.6) is 0 Å². The van der Waals surface area contributed by atoms with E-state index in [9.17, 15) is 4.39 Å². The molecule has 0 atom stereocenters. The normalized spacial score (nSPS) is 10.7. The van der Waals surface area contributed by atoms with E-state index in [2.05, 4.69) is 26.1 Å². The van der Waals surface area contributed by atoms with Crippen molar-refractivity contribution < 1.29 is 8.81 Å². The number of aryl methyl sites for hydroxylation is 1. The van der Waals surface area contributed by atoms with Gasteiger partial charge in [-0.25, -0.2) is 4.39 Å². The fraction of sp³-hybridized carbons (Fsp3) is 0.273. The maximum atomic E-state index is 13.3. The van der Waals surface area contributed by atoms with Gasteiger partial charge >= 0.3 is 0 Å². The number of nitrogens with zero attached hydrogens (tertiary/aromatic N) is 2. The molecule has 1 aromatic carbocycles. The van der Waals surface area contributed by atoms with E-state index in [0.717, 1.165) is 12.8 Å². The topological polar surface area (TPSA) is 38.9 Å². The molecule has 0 bridgehead atoms. The van der Waals surface area contributed by atoms with Gasteiger partial charge in [-0.15, -0.1) is 10.2 Å². The maximum Gasteiger partial charge on any atom is 0.248 e. The van der Waals surface area contributed by atoms with Crippen LogP contribution in [0.15, 0.2) is 27.1 Å². The van der Waals surface area contributed by atoms with Gasteiger partial charge in [-0.2, -0.15) is 0 Å². The minimum atomic E-state index is -0.340. The zero-order valence-corrected chi connectivity index (χ0v) is 10.3. The standard InChI is InChI=1S/C11H10BrFN2O/c1-2-4-9-14-15-11(16-9)7-5-3-6-8(13)10(7)12/h3,5-6H,2,4H2,1H3. The van der Waals surface area contributed by atoms with Crippen molar-refractivity contribution in [2.24, 2.45) is 0 Å². The van der Waals surface area contributed by atoms with Gasteiger partial charge in [-0.1, -0.05) is 13.0 Å². The van der Waals surface area contributed by atoms with Crippen molar-refractivity contribution >= 4 is 15.9 Å². The molecule has 0 aliphatic heterocycles. The predicted molar refractivity (Wildman–Crippen MR) is 61.4 cm³/mol. The summed E-state index contributed by atoms with van der Waals surface area (Å²) in [5.74, 6) is 0.580. The lowest BCUT2D eigenvalue weighted by Crippen LogP contribution is -1.83. The van der Waals surface area contributed by atoms with Crippen molar-refractivity contribution in [1.29, 1.82) is 0 Å². The molecule has 0 N–H and O–H groups in total. The van der Waals surface area contributed by atoms with Gasteiger partial charge in [0.15, 0.2) is 0 Å². The highest BCUT2D eigenvalue weighted by atomic mass is 79.9. The third-order valence-corrected chi connectivity index (χ3v) is 2.92. The van der Waals surface area contributed by atoms with Crippen LogP contribution in [0.25, 0.3) is 11.5 Å². The minimum absolute atomic E-state index is 0.340. The Labute approximate surface area is 101 Å². The summed E-state index contributed by atoms with van der Waals surface area (Å²) in [6, 6.07) is 4.71. The Morgan fingerprint density at radius 1 is 1.38 bits per heavy atom. The molecule has 0 fully saturated rings. The lowest BCUT2D eigenvalue weighted by Gasteiger charge is -1.99. The quantitative estimate of drug-likeness (QED) is 0.865. The Balaban J connectivity index is 2.39. The summed E-state index contributed by atoms with van der Waals surface area (Å²) in [5.41, 5.74) is 0.579. The molecule has 0 saturated heterocycles. The van der Waals surface area contributed by atoms with Crippen molar-refractivity contribution in [3.8, 4) is 11.5 Å². The highest BCUT2D eigenvalue weighted by molar-refractivity contribution is 9.10. The van der Waals surface area contributed by atoms with E-state index < -0.39 is 0 Å². The Hall–Kier alpha value is -1.23. The molecule has 1 heterocycles. The summed E-state index contributed by atoms with van der Waals surface area (Å²) >= 11 is 3.16. The summed E-state index contributed by atoms with van der Waals surface area (Å²) < 4.78 is 19.1. The van der Waals surface area contributed by atoms with Crippen LogP contribution >= 0.6 is 15.9 Å². The molecule has 3 nitrogen and oxygen atoms in total. The first kappa shape index (κ1) is 11.3. The second-order valence-electron chi connectivity index (χ2n) is 3.35. The van der Waals surface area contributed by atoms with Crippen LogP contribution in [-0.4, -0.2) is 10.2 Å². The van der Waals surface area contributed by atoms with Crippen LogP contribution in [-0.2, 0) is 6.42 Å². The van der Waals surface area contributed by atoms with Gasteiger partial charge in [0, 0.05) is 6.42 Å². The Bertz CT molecular complexity index is 498. The first-order chi connectivity index (χ1) is 7.72. The molecule has 84 valence electrons. The van der Waals surface area contributed by atoms with E-state index in [-0.39, 0.29) is 5.82 Å². The highest BCUT2D eigenvalue weighted by Gasteiger charge is 2.13. The number of benzene rings is 1. The van der Waals surface area contributed by atoms with Crippen LogP contribution < -0.4 is 0 Å². The SMILES string of the molecule is CCCc1nnc(-c2cccc(F)c2Br)o1. The zero-order chi connectivity index (χ0) is 11.5. The predicted octanol–water partition coefficient (Wildman–Crippen LogP) is 3.59. The first-order valence-corrected chi connectivity index (χ1v) is 5.78. The van der Waals surface area contributed by atoms with Crippen molar-refractivity contribution in [3.05, 3.63) is 34.4 Å². The highest BCUT2D eigenvalue weighted by Crippen LogP contribution is 2.29. The average Bonchev–Trinajstić information content (AvgIpc) is 2.71. The third kappa shape index (κ3) is 2.14. The van der Waals surface area contributed by atoms with Gasteiger partial charge in [0.25, 0.3) is 0 Å². The summed E-state index contributed by atoms with van der Waals surface area (Å²) in [6.45, 7) is 2.03. The van der Waals surface area contributed by atoms with Gasteiger partial charge in [-0.3, -0.25) is 0 Å². The lowest BCUT2D eigenvalue weighted by atomic mass is 10.2. The van der Waals surface area contributed by atoms with Gasteiger partial charge in [-0.05, 0) is 34.5 Å².